The fourth-order valence-electron chi connectivity index (χ4n) is 3.39. The average Bonchev–Trinajstić information content (AvgIpc) is 2.82. The standard InChI is InChI=1S/C16H19BrN2O/c1-10-8-11-13(12(17)9-10)18-15(19(3)14(11)20)16(2)6-4-5-7-16/h8-9H,4-7H2,1-3H3. The van der Waals surface area contributed by atoms with E-state index in [1.807, 2.05) is 26.1 Å². The Morgan fingerprint density at radius 1 is 1.30 bits per heavy atom. The Balaban J connectivity index is 2.36. The topological polar surface area (TPSA) is 34.9 Å². The zero-order valence-electron chi connectivity index (χ0n) is 12.2. The third-order valence-electron chi connectivity index (χ3n) is 4.53. The van der Waals surface area contributed by atoms with E-state index in [4.69, 9.17) is 4.98 Å². The first-order valence-electron chi connectivity index (χ1n) is 7.10. The highest BCUT2D eigenvalue weighted by Gasteiger charge is 2.34. The van der Waals surface area contributed by atoms with Gasteiger partial charge in [0, 0.05) is 16.9 Å². The summed E-state index contributed by atoms with van der Waals surface area (Å²) in [5, 5.41) is 0.699. The first-order valence-corrected chi connectivity index (χ1v) is 7.89. The molecule has 4 heteroatoms. The zero-order valence-corrected chi connectivity index (χ0v) is 13.7. The van der Waals surface area contributed by atoms with Gasteiger partial charge in [-0.15, -0.1) is 0 Å². The minimum atomic E-state index is 0.0342. The molecule has 0 radical (unpaired) electrons. The lowest BCUT2D eigenvalue weighted by Gasteiger charge is -2.25. The molecular formula is C16H19BrN2O. The molecule has 0 aliphatic heterocycles. The van der Waals surface area contributed by atoms with Crippen LogP contribution in [0.2, 0.25) is 0 Å². The fraction of sp³-hybridized carbons (Fsp3) is 0.500. The van der Waals surface area contributed by atoms with Gasteiger partial charge in [-0.25, -0.2) is 4.98 Å². The minimum absolute atomic E-state index is 0.0342. The summed E-state index contributed by atoms with van der Waals surface area (Å²) < 4.78 is 2.66. The molecule has 0 unspecified atom stereocenters. The summed E-state index contributed by atoms with van der Waals surface area (Å²) in [5.41, 5.74) is 1.96. The van der Waals surface area contributed by atoms with E-state index < -0.39 is 0 Å². The quantitative estimate of drug-likeness (QED) is 0.794. The molecule has 0 atom stereocenters. The summed E-state index contributed by atoms with van der Waals surface area (Å²) in [5.74, 6) is 0.928. The van der Waals surface area contributed by atoms with E-state index in [2.05, 4.69) is 22.9 Å². The van der Waals surface area contributed by atoms with E-state index >= 15 is 0 Å². The first-order chi connectivity index (χ1) is 9.42. The van der Waals surface area contributed by atoms with Crippen molar-refractivity contribution in [2.75, 3.05) is 0 Å². The number of aryl methyl sites for hydroxylation is 1. The smallest absolute Gasteiger partial charge is 0.261 e. The summed E-state index contributed by atoms with van der Waals surface area (Å²) in [7, 11) is 1.85. The van der Waals surface area contributed by atoms with Crippen LogP contribution in [0.25, 0.3) is 10.9 Å². The van der Waals surface area contributed by atoms with E-state index in [1.54, 1.807) is 4.57 Å². The Kier molecular flexibility index (Phi) is 3.24. The summed E-state index contributed by atoms with van der Waals surface area (Å²) in [6, 6.07) is 3.95. The van der Waals surface area contributed by atoms with Crippen molar-refractivity contribution in [3.8, 4) is 0 Å². The maximum absolute atomic E-state index is 12.7. The second-order valence-corrected chi connectivity index (χ2v) is 7.06. The number of nitrogens with zero attached hydrogens (tertiary/aromatic N) is 2. The van der Waals surface area contributed by atoms with Gasteiger partial charge < -0.3 is 0 Å². The summed E-state index contributed by atoms with van der Waals surface area (Å²) >= 11 is 3.56. The molecule has 0 spiro atoms. The Morgan fingerprint density at radius 2 is 1.95 bits per heavy atom. The molecule has 0 N–H and O–H groups in total. The monoisotopic (exact) mass is 334 g/mol. The summed E-state index contributed by atoms with van der Waals surface area (Å²) in [4.78, 5) is 17.5. The zero-order chi connectivity index (χ0) is 14.5. The van der Waals surface area contributed by atoms with Crippen LogP contribution < -0.4 is 5.56 Å². The molecule has 1 aliphatic carbocycles. The van der Waals surface area contributed by atoms with Gasteiger partial charge in [0.15, 0.2) is 0 Å². The number of fused-ring (bicyclic) bond motifs is 1. The van der Waals surface area contributed by atoms with Crippen LogP contribution in [-0.4, -0.2) is 9.55 Å². The SMILES string of the molecule is Cc1cc(Br)c2nc(C3(C)CCCC3)n(C)c(=O)c2c1. The number of benzene rings is 1. The van der Waals surface area contributed by atoms with E-state index in [0.717, 1.165) is 34.2 Å². The van der Waals surface area contributed by atoms with Crippen LogP contribution in [0.1, 0.15) is 44.0 Å². The number of rotatable bonds is 1. The van der Waals surface area contributed by atoms with Gasteiger partial charge in [-0.3, -0.25) is 9.36 Å². The highest BCUT2D eigenvalue weighted by atomic mass is 79.9. The first kappa shape index (κ1) is 13.8. The Hall–Kier alpha value is -1.16. The molecule has 0 saturated heterocycles. The normalized spacial score (nSPS) is 17.8. The summed E-state index contributed by atoms with van der Waals surface area (Å²) in [6.07, 6.45) is 4.67. The molecule has 1 aromatic carbocycles. The molecule has 20 heavy (non-hydrogen) atoms. The van der Waals surface area contributed by atoms with Gasteiger partial charge in [0.25, 0.3) is 5.56 Å². The predicted molar refractivity (Wildman–Crippen MR) is 85.2 cm³/mol. The average molecular weight is 335 g/mol. The highest BCUT2D eigenvalue weighted by molar-refractivity contribution is 9.10. The molecule has 1 saturated carbocycles. The number of aromatic nitrogens is 2. The van der Waals surface area contributed by atoms with Gasteiger partial charge in [-0.05, 0) is 53.4 Å². The van der Waals surface area contributed by atoms with Crippen LogP contribution in [0.15, 0.2) is 21.4 Å². The van der Waals surface area contributed by atoms with Gasteiger partial charge >= 0.3 is 0 Å². The van der Waals surface area contributed by atoms with Gasteiger partial charge in [0.1, 0.15) is 5.82 Å². The lowest BCUT2D eigenvalue weighted by Crippen LogP contribution is -2.31. The van der Waals surface area contributed by atoms with Crippen molar-refractivity contribution in [1.82, 2.24) is 9.55 Å². The number of halogens is 1. The number of hydrogen-bond acceptors (Lipinski definition) is 2. The van der Waals surface area contributed by atoms with Crippen molar-refractivity contribution >= 4 is 26.8 Å². The Morgan fingerprint density at radius 3 is 2.60 bits per heavy atom. The second-order valence-electron chi connectivity index (χ2n) is 6.21. The molecule has 1 fully saturated rings. The third-order valence-corrected chi connectivity index (χ3v) is 5.13. The molecule has 1 aliphatic rings. The van der Waals surface area contributed by atoms with Crippen molar-refractivity contribution in [1.29, 1.82) is 0 Å². The third kappa shape index (κ3) is 2.01. The lowest BCUT2D eigenvalue weighted by atomic mass is 9.87. The molecule has 1 heterocycles. The molecule has 3 nitrogen and oxygen atoms in total. The van der Waals surface area contributed by atoms with Crippen LogP contribution in [0.5, 0.6) is 0 Å². The Labute approximate surface area is 127 Å². The van der Waals surface area contributed by atoms with E-state index in [1.165, 1.54) is 12.8 Å². The van der Waals surface area contributed by atoms with Crippen molar-refractivity contribution in [2.24, 2.45) is 7.05 Å². The van der Waals surface area contributed by atoms with Crippen molar-refractivity contribution in [2.45, 2.75) is 44.9 Å². The molecule has 3 rings (SSSR count). The van der Waals surface area contributed by atoms with Gasteiger partial charge in [0.05, 0.1) is 10.9 Å². The molecule has 1 aromatic heterocycles. The van der Waals surface area contributed by atoms with Crippen molar-refractivity contribution < 1.29 is 0 Å². The van der Waals surface area contributed by atoms with Gasteiger partial charge in [0.2, 0.25) is 0 Å². The predicted octanol–water partition coefficient (Wildman–Crippen LogP) is 3.84. The second kappa shape index (κ2) is 4.69. The number of hydrogen-bond donors (Lipinski definition) is 0. The largest absolute Gasteiger partial charge is 0.299 e. The fourth-order valence-corrected chi connectivity index (χ4v) is 4.05. The maximum atomic E-state index is 12.7. The molecule has 2 aromatic rings. The van der Waals surface area contributed by atoms with Crippen molar-refractivity contribution in [3.05, 3.63) is 38.3 Å². The van der Waals surface area contributed by atoms with E-state index in [-0.39, 0.29) is 11.0 Å². The molecule has 0 bridgehead atoms. The lowest BCUT2D eigenvalue weighted by molar-refractivity contribution is 0.435. The van der Waals surface area contributed by atoms with Crippen LogP contribution in [0.4, 0.5) is 0 Å². The van der Waals surface area contributed by atoms with Crippen LogP contribution in [-0.2, 0) is 12.5 Å². The molecule has 106 valence electrons. The minimum Gasteiger partial charge on any atom is -0.299 e. The van der Waals surface area contributed by atoms with E-state index in [0.29, 0.717) is 5.39 Å². The molecular weight excluding hydrogens is 316 g/mol. The Bertz CT molecular complexity index is 742. The maximum Gasteiger partial charge on any atom is 0.261 e. The van der Waals surface area contributed by atoms with Crippen molar-refractivity contribution in [3.63, 3.8) is 0 Å². The van der Waals surface area contributed by atoms with Gasteiger partial charge in [-0.2, -0.15) is 0 Å². The van der Waals surface area contributed by atoms with Crippen LogP contribution in [0, 0.1) is 6.92 Å². The molecule has 0 amide bonds. The summed E-state index contributed by atoms with van der Waals surface area (Å²) in [6.45, 7) is 4.23. The van der Waals surface area contributed by atoms with Crippen LogP contribution >= 0.6 is 15.9 Å². The van der Waals surface area contributed by atoms with Gasteiger partial charge in [-0.1, -0.05) is 19.8 Å². The van der Waals surface area contributed by atoms with E-state index in [9.17, 15) is 4.79 Å². The van der Waals surface area contributed by atoms with Crippen LogP contribution in [0.3, 0.4) is 0 Å². The highest BCUT2D eigenvalue weighted by Crippen LogP contribution is 2.39.